The number of nitrogens with one attached hydrogen (secondary N) is 1. The number of carboxylic acid groups (broad SMARTS) is 1. The minimum atomic E-state index is -0.919. The molecule has 0 saturated heterocycles. The van der Waals surface area contributed by atoms with E-state index in [9.17, 15) is 9.59 Å². The van der Waals surface area contributed by atoms with Crippen LogP contribution in [0, 0.1) is 11.8 Å². The van der Waals surface area contributed by atoms with Crippen molar-refractivity contribution in [2.24, 2.45) is 0 Å². The third-order valence-electron chi connectivity index (χ3n) is 3.59. The van der Waals surface area contributed by atoms with Gasteiger partial charge in [-0.2, -0.15) is 0 Å². The molecule has 0 unspecified atom stereocenters. The topological polar surface area (TPSA) is 84.9 Å². The number of carbonyl (C=O) groups is 2. The molecule has 0 bridgehead atoms. The van der Waals surface area contributed by atoms with Crippen molar-refractivity contribution in [3.8, 4) is 17.6 Å². The van der Waals surface area contributed by atoms with Crippen molar-refractivity contribution < 1.29 is 24.2 Å². The van der Waals surface area contributed by atoms with Crippen molar-refractivity contribution in [3.63, 3.8) is 0 Å². The van der Waals surface area contributed by atoms with E-state index in [4.69, 9.17) is 14.6 Å². The predicted molar refractivity (Wildman–Crippen MR) is 100 cm³/mol. The number of aliphatic carboxylic acids is 1. The van der Waals surface area contributed by atoms with Gasteiger partial charge >= 0.3 is 12.1 Å². The van der Waals surface area contributed by atoms with E-state index in [-0.39, 0.29) is 13.0 Å². The van der Waals surface area contributed by atoms with E-state index in [2.05, 4.69) is 17.2 Å². The first kappa shape index (κ1) is 19.9. The first-order valence-electron chi connectivity index (χ1n) is 8.40. The molecule has 140 valence electrons. The Morgan fingerprint density at radius 1 is 1.15 bits per heavy atom. The molecule has 6 nitrogen and oxygen atoms in total. The zero-order valence-corrected chi connectivity index (χ0v) is 15.0. The maximum absolute atomic E-state index is 11.6. The minimum Gasteiger partial charge on any atom is -0.496 e. The summed E-state index contributed by atoms with van der Waals surface area (Å²) in [6, 6.07) is 14.6. The molecule has 2 N–H and O–H groups in total. The van der Waals surface area contributed by atoms with Crippen molar-refractivity contribution >= 4 is 12.1 Å². The molecule has 1 amide bonds. The molecule has 0 aliphatic rings. The summed E-state index contributed by atoms with van der Waals surface area (Å²) >= 11 is 0. The number of hydrogen-bond donors (Lipinski definition) is 2. The van der Waals surface area contributed by atoms with Gasteiger partial charge in [-0.15, -0.1) is 0 Å². The van der Waals surface area contributed by atoms with Gasteiger partial charge in [0.2, 0.25) is 0 Å². The molecule has 0 radical (unpaired) electrons. The quantitative estimate of drug-likeness (QED) is 0.580. The summed E-state index contributed by atoms with van der Waals surface area (Å²) in [6.45, 7) is 0.593. The number of rotatable bonds is 7. The van der Waals surface area contributed by atoms with Crippen LogP contribution in [0.5, 0.6) is 5.75 Å². The Morgan fingerprint density at radius 3 is 2.63 bits per heavy atom. The summed E-state index contributed by atoms with van der Waals surface area (Å²) in [5, 5.41) is 11.5. The minimum absolute atomic E-state index is 0.105. The van der Waals surface area contributed by atoms with Crippen LogP contribution in [0.1, 0.15) is 23.1 Å². The van der Waals surface area contributed by atoms with Crippen molar-refractivity contribution in [1.82, 2.24) is 5.32 Å². The molecule has 0 heterocycles. The molecule has 0 aliphatic carbocycles. The highest BCUT2D eigenvalue weighted by Crippen LogP contribution is 2.20. The van der Waals surface area contributed by atoms with Gasteiger partial charge in [-0.1, -0.05) is 48.2 Å². The Kier molecular flexibility index (Phi) is 7.73. The molecule has 0 spiro atoms. The number of hydrogen-bond acceptors (Lipinski definition) is 4. The molecule has 0 fully saturated rings. The number of ether oxygens (including phenoxy) is 2. The number of carbonyl (C=O) groups excluding carboxylic acids is 1. The Hall–Kier alpha value is -3.46. The standard InChI is InChI=1S/C21H21NO5/c1-26-19-13-16(10-11-18(19)14-20(23)24)7-5-6-12-22-21(25)27-15-17-8-3-2-4-9-17/h2-4,8-11,13H,6,12,14-15H2,1H3,(H,22,25)(H,23,24). The second-order valence-corrected chi connectivity index (χ2v) is 5.64. The first-order valence-corrected chi connectivity index (χ1v) is 8.40. The molecule has 2 aromatic carbocycles. The van der Waals surface area contributed by atoms with Gasteiger partial charge in [-0.25, -0.2) is 4.79 Å². The van der Waals surface area contributed by atoms with Crippen molar-refractivity contribution in [2.75, 3.05) is 13.7 Å². The Labute approximate surface area is 158 Å². The maximum atomic E-state index is 11.6. The number of amides is 1. The molecule has 0 aliphatic heterocycles. The summed E-state index contributed by atoms with van der Waals surface area (Å²) in [7, 11) is 1.49. The van der Waals surface area contributed by atoms with Gasteiger partial charge in [0.15, 0.2) is 0 Å². The fourth-order valence-corrected chi connectivity index (χ4v) is 2.30. The van der Waals surface area contributed by atoms with Gasteiger partial charge < -0.3 is 19.9 Å². The smallest absolute Gasteiger partial charge is 0.407 e. The van der Waals surface area contributed by atoms with Crippen LogP contribution in [0.25, 0.3) is 0 Å². The summed E-state index contributed by atoms with van der Waals surface area (Å²) in [4.78, 5) is 22.4. The summed E-state index contributed by atoms with van der Waals surface area (Å²) in [6.07, 6.45) is -0.133. The van der Waals surface area contributed by atoms with Crippen LogP contribution in [-0.2, 0) is 22.6 Å². The highest BCUT2D eigenvalue weighted by Gasteiger charge is 2.07. The molecule has 0 aromatic heterocycles. The van der Waals surface area contributed by atoms with E-state index in [1.165, 1.54) is 7.11 Å². The average Bonchev–Trinajstić information content (AvgIpc) is 2.67. The SMILES string of the molecule is COc1cc(C#CCCNC(=O)OCc2ccccc2)ccc1CC(=O)O. The van der Waals surface area contributed by atoms with Crippen molar-refractivity contribution in [3.05, 3.63) is 65.2 Å². The van der Waals surface area contributed by atoms with Crippen LogP contribution in [0.3, 0.4) is 0 Å². The molecular weight excluding hydrogens is 346 g/mol. The van der Waals surface area contributed by atoms with E-state index in [0.29, 0.717) is 29.8 Å². The molecule has 27 heavy (non-hydrogen) atoms. The number of alkyl carbamates (subject to hydrolysis) is 1. The lowest BCUT2D eigenvalue weighted by molar-refractivity contribution is -0.136. The predicted octanol–water partition coefficient (Wildman–Crippen LogP) is 2.99. The van der Waals surface area contributed by atoms with Crippen LogP contribution in [0.4, 0.5) is 4.79 Å². The third kappa shape index (κ3) is 7.12. The van der Waals surface area contributed by atoms with Crippen LogP contribution in [-0.4, -0.2) is 30.8 Å². The number of methoxy groups -OCH3 is 1. The Morgan fingerprint density at radius 2 is 1.93 bits per heavy atom. The largest absolute Gasteiger partial charge is 0.496 e. The molecule has 2 rings (SSSR count). The van der Waals surface area contributed by atoms with Crippen LogP contribution in [0.2, 0.25) is 0 Å². The molecule has 2 aromatic rings. The Balaban J connectivity index is 1.76. The van der Waals surface area contributed by atoms with Gasteiger partial charge in [0.05, 0.1) is 13.5 Å². The number of benzene rings is 2. The summed E-state index contributed by atoms with van der Waals surface area (Å²) in [5.74, 6) is 5.49. The van der Waals surface area contributed by atoms with Crippen molar-refractivity contribution in [2.45, 2.75) is 19.4 Å². The lowest BCUT2D eigenvalue weighted by atomic mass is 10.1. The van der Waals surface area contributed by atoms with Gasteiger partial charge in [-0.05, 0) is 17.7 Å². The lowest BCUT2D eigenvalue weighted by Gasteiger charge is -2.06. The normalized spacial score (nSPS) is 9.67. The van der Waals surface area contributed by atoms with E-state index in [1.807, 2.05) is 30.3 Å². The molecular formula is C21H21NO5. The van der Waals surface area contributed by atoms with Crippen LogP contribution < -0.4 is 10.1 Å². The fourth-order valence-electron chi connectivity index (χ4n) is 2.30. The van der Waals surface area contributed by atoms with Gasteiger partial charge in [0, 0.05) is 24.1 Å². The Bertz CT molecular complexity index is 837. The highest BCUT2D eigenvalue weighted by atomic mass is 16.5. The average molecular weight is 367 g/mol. The van der Waals surface area contributed by atoms with Gasteiger partial charge in [0.1, 0.15) is 12.4 Å². The first-order chi connectivity index (χ1) is 13.1. The second-order valence-electron chi connectivity index (χ2n) is 5.64. The van der Waals surface area contributed by atoms with Crippen molar-refractivity contribution in [1.29, 1.82) is 0 Å². The summed E-state index contributed by atoms with van der Waals surface area (Å²) in [5.41, 5.74) is 2.23. The monoisotopic (exact) mass is 367 g/mol. The summed E-state index contributed by atoms with van der Waals surface area (Å²) < 4.78 is 10.3. The van der Waals surface area contributed by atoms with E-state index < -0.39 is 12.1 Å². The van der Waals surface area contributed by atoms with Crippen LogP contribution >= 0.6 is 0 Å². The zero-order valence-electron chi connectivity index (χ0n) is 15.0. The second kappa shape index (κ2) is 10.5. The van der Waals surface area contributed by atoms with Gasteiger partial charge in [0.25, 0.3) is 0 Å². The third-order valence-corrected chi connectivity index (χ3v) is 3.59. The highest BCUT2D eigenvalue weighted by molar-refractivity contribution is 5.71. The van der Waals surface area contributed by atoms with E-state index >= 15 is 0 Å². The zero-order chi connectivity index (χ0) is 19.5. The fraction of sp³-hybridized carbons (Fsp3) is 0.238. The molecule has 6 heteroatoms. The number of carboxylic acids is 1. The lowest BCUT2D eigenvalue weighted by Crippen LogP contribution is -2.24. The van der Waals surface area contributed by atoms with E-state index in [0.717, 1.165) is 5.56 Å². The molecule has 0 saturated carbocycles. The van der Waals surface area contributed by atoms with E-state index in [1.54, 1.807) is 18.2 Å². The van der Waals surface area contributed by atoms with Gasteiger partial charge in [-0.3, -0.25) is 4.79 Å². The molecule has 0 atom stereocenters. The van der Waals surface area contributed by atoms with Crippen LogP contribution in [0.15, 0.2) is 48.5 Å². The maximum Gasteiger partial charge on any atom is 0.407 e.